The lowest BCUT2D eigenvalue weighted by atomic mass is 9.99. The summed E-state index contributed by atoms with van der Waals surface area (Å²) < 4.78 is 43.4. The molecule has 1 aliphatic heterocycles. The molecule has 1 aromatic carbocycles. The van der Waals surface area contributed by atoms with Crippen LogP contribution in [0.5, 0.6) is 0 Å². The first-order valence-electron chi connectivity index (χ1n) is 6.13. The van der Waals surface area contributed by atoms with E-state index in [-0.39, 0.29) is 18.7 Å². The molecule has 4 nitrogen and oxygen atoms in total. The second kappa shape index (κ2) is 5.41. The normalized spacial score (nSPS) is 22.8. The van der Waals surface area contributed by atoms with Gasteiger partial charge in [-0.3, -0.25) is 4.79 Å². The summed E-state index contributed by atoms with van der Waals surface area (Å²) in [5.41, 5.74) is 3.94. The molecule has 1 atom stereocenters. The van der Waals surface area contributed by atoms with Crippen molar-refractivity contribution >= 4 is 5.91 Å². The Labute approximate surface area is 114 Å². The number of carbonyl (C=O) groups excluding carboxylic acids is 1. The molecule has 1 unspecified atom stereocenters. The van der Waals surface area contributed by atoms with Crippen molar-refractivity contribution in [2.24, 2.45) is 5.73 Å². The fourth-order valence-corrected chi connectivity index (χ4v) is 2.06. The van der Waals surface area contributed by atoms with Gasteiger partial charge in [0.25, 0.3) is 0 Å². The quantitative estimate of drug-likeness (QED) is 0.884. The second-order valence-corrected chi connectivity index (χ2v) is 4.80. The van der Waals surface area contributed by atoms with Crippen LogP contribution in [0.3, 0.4) is 0 Å². The predicted octanol–water partition coefficient (Wildman–Crippen LogP) is 1.44. The van der Waals surface area contributed by atoms with Gasteiger partial charge in [0, 0.05) is 13.2 Å². The van der Waals surface area contributed by atoms with E-state index in [9.17, 15) is 18.0 Å². The predicted molar refractivity (Wildman–Crippen MR) is 65.6 cm³/mol. The Bertz CT molecular complexity index is 497. The maximum absolute atomic E-state index is 12.8. The first-order chi connectivity index (χ1) is 9.33. The third kappa shape index (κ3) is 3.10. The number of nitrogens with one attached hydrogen (secondary N) is 1. The Morgan fingerprint density at radius 2 is 2.10 bits per heavy atom. The standard InChI is InChI=1S/C13H15F3N2O2/c14-13(15,16)10-4-2-1-3-9(10)7-18-11(19)12(17)5-6-20-8-12/h1-4H,5-8,17H2,(H,18,19). The van der Waals surface area contributed by atoms with Crippen LogP contribution in [-0.4, -0.2) is 24.7 Å². The number of alkyl halides is 3. The molecule has 110 valence electrons. The van der Waals surface area contributed by atoms with E-state index >= 15 is 0 Å². The molecule has 1 amide bonds. The second-order valence-electron chi connectivity index (χ2n) is 4.80. The maximum Gasteiger partial charge on any atom is 0.416 e. The van der Waals surface area contributed by atoms with Crippen molar-refractivity contribution in [3.8, 4) is 0 Å². The lowest BCUT2D eigenvalue weighted by Crippen LogP contribution is -2.54. The van der Waals surface area contributed by atoms with E-state index in [4.69, 9.17) is 10.5 Å². The molecule has 0 saturated carbocycles. The van der Waals surface area contributed by atoms with E-state index in [1.165, 1.54) is 18.2 Å². The van der Waals surface area contributed by atoms with Crippen molar-refractivity contribution in [2.45, 2.75) is 24.7 Å². The Balaban J connectivity index is 2.06. The van der Waals surface area contributed by atoms with E-state index in [1.807, 2.05) is 0 Å². The molecule has 2 rings (SSSR count). The average molecular weight is 288 g/mol. The molecule has 3 N–H and O–H groups in total. The number of halogens is 3. The first kappa shape index (κ1) is 14.8. The van der Waals surface area contributed by atoms with Crippen molar-refractivity contribution in [3.63, 3.8) is 0 Å². The number of ether oxygens (including phenoxy) is 1. The molecular weight excluding hydrogens is 273 g/mol. The van der Waals surface area contributed by atoms with Gasteiger partial charge in [-0.25, -0.2) is 0 Å². The van der Waals surface area contributed by atoms with E-state index in [1.54, 1.807) is 0 Å². The van der Waals surface area contributed by atoms with Gasteiger partial charge in [-0.15, -0.1) is 0 Å². The molecule has 0 aromatic heterocycles. The van der Waals surface area contributed by atoms with E-state index in [0.29, 0.717) is 13.0 Å². The Morgan fingerprint density at radius 1 is 1.40 bits per heavy atom. The third-order valence-corrected chi connectivity index (χ3v) is 3.27. The monoisotopic (exact) mass is 288 g/mol. The molecule has 1 aliphatic rings. The molecule has 1 saturated heterocycles. The highest BCUT2D eigenvalue weighted by Crippen LogP contribution is 2.31. The first-order valence-corrected chi connectivity index (χ1v) is 6.13. The van der Waals surface area contributed by atoms with E-state index < -0.39 is 23.2 Å². The average Bonchev–Trinajstić information content (AvgIpc) is 2.83. The molecule has 0 radical (unpaired) electrons. The van der Waals surface area contributed by atoms with Gasteiger partial charge >= 0.3 is 6.18 Å². The van der Waals surface area contributed by atoms with Gasteiger partial charge in [-0.05, 0) is 18.1 Å². The number of amides is 1. The zero-order valence-corrected chi connectivity index (χ0v) is 10.7. The maximum atomic E-state index is 12.8. The fraction of sp³-hybridized carbons (Fsp3) is 0.462. The molecule has 0 aliphatic carbocycles. The van der Waals surface area contributed by atoms with Gasteiger partial charge < -0.3 is 15.8 Å². The third-order valence-electron chi connectivity index (χ3n) is 3.27. The zero-order valence-electron chi connectivity index (χ0n) is 10.7. The van der Waals surface area contributed by atoms with Crippen molar-refractivity contribution in [3.05, 3.63) is 35.4 Å². The summed E-state index contributed by atoms with van der Waals surface area (Å²) in [6, 6.07) is 5.12. The van der Waals surface area contributed by atoms with Crippen molar-refractivity contribution in [2.75, 3.05) is 13.2 Å². The largest absolute Gasteiger partial charge is 0.416 e. The molecule has 20 heavy (non-hydrogen) atoms. The molecule has 0 spiro atoms. The van der Waals surface area contributed by atoms with Crippen LogP contribution < -0.4 is 11.1 Å². The summed E-state index contributed by atoms with van der Waals surface area (Å²) in [7, 11) is 0. The molecule has 1 heterocycles. The van der Waals surface area contributed by atoms with Crippen LogP contribution in [-0.2, 0) is 22.3 Å². The van der Waals surface area contributed by atoms with Gasteiger partial charge in [0.15, 0.2) is 0 Å². The minimum Gasteiger partial charge on any atom is -0.379 e. The molecule has 7 heteroatoms. The van der Waals surface area contributed by atoms with Crippen LogP contribution in [0.15, 0.2) is 24.3 Å². The summed E-state index contributed by atoms with van der Waals surface area (Å²) >= 11 is 0. The molecule has 1 aromatic rings. The summed E-state index contributed by atoms with van der Waals surface area (Å²) in [6.07, 6.45) is -4.09. The van der Waals surface area contributed by atoms with Gasteiger partial charge in [-0.2, -0.15) is 13.2 Å². The summed E-state index contributed by atoms with van der Waals surface area (Å²) in [4.78, 5) is 11.9. The van der Waals surface area contributed by atoms with Crippen LogP contribution in [0.1, 0.15) is 17.5 Å². The minimum absolute atomic E-state index is 0.0101. The van der Waals surface area contributed by atoms with Gasteiger partial charge in [0.2, 0.25) is 5.91 Å². The fourth-order valence-electron chi connectivity index (χ4n) is 2.06. The van der Waals surface area contributed by atoms with Crippen LogP contribution in [0, 0.1) is 0 Å². The van der Waals surface area contributed by atoms with Gasteiger partial charge in [-0.1, -0.05) is 18.2 Å². The summed E-state index contributed by atoms with van der Waals surface area (Å²) in [5, 5.41) is 2.45. The highest BCUT2D eigenvalue weighted by Gasteiger charge is 2.38. The van der Waals surface area contributed by atoms with E-state index in [0.717, 1.165) is 6.07 Å². The Hall–Kier alpha value is -1.60. The highest BCUT2D eigenvalue weighted by molar-refractivity contribution is 5.86. The zero-order chi connectivity index (χ0) is 14.8. The number of carbonyl (C=O) groups is 1. The number of rotatable bonds is 3. The van der Waals surface area contributed by atoms with Crippen LogP contribution in [0.25, 0.3) is 0 Å². The molecular formula is C13H15F3N2O2. The Morgan fingerprint density at radius 3 is 2.70 bits per heavy atom. The molecule has 1 fully saturated rings. The lowest BCUT2D eigenvalue weighted by Gasteiger charge is -2.21. The SMILES string of the molecule is NC1(C(=O)NCc2ccccc2C(F)(F)F)CCOC1. The number of hydrogen-bond acceptors (Lipinski definition) is 3. The van der Waals surface area contributed by atoms with Crippen molar-refractivity contribution in [1.29, 1.82) is 0 Å². The minimum atomic E-state index is -4.45. The van der Waals surface area contributed by atoms with E-state index in [2.05, 4.69) is 5.32 Å². The van der Waals surface area contributed by atoms with Gasteiger partial charge in [0.05, 0.1) is 12.2 Å². The van der Waals surface area contributed by atoms with Crippen LogP contribution in [0.4, 0.5) is 13.2 Å². The number of benzene rings is 1. The summed E-state index contributed by atoms with van der Waals surface area (Å²) in [6.45, 7) is 0.246. The molecule has 0 bridgehead atoms. The lowest BCUT2D eigenvalue weighted by molar-refractivity contribution is -0.138. The van der Waals surface area contributed by atoms with Crippen molar-refractivity contribution in [1.82, 2.24) is 5.32 Å². The summed E-state index contributed by atoms with van der Waals surface area (Å²) in [5.74, 6) is -0.494. The van der Waals surface area contributed by atoms with Crippen molar-refractivity contribution < 1.29 is 22.7 Å². The Kier molecular flexibility index (Phi) is 4.01. The van der Waals surface area contributed by atoms with Crippen LogP contribution in [0.2, 0.25) is 0 Å². The smallest absolute Gasteiger partial charge is 0.379 e. The highest BCUT2D eigenvalue weighted by atomic mass is 19.4. The topological polar surface area (TPSA) is 64.4 Å². The van der Waals surface area contributed by atoms with Gasteiger partial charge in [0.1, 0.15) is 5.54 Å². The number of hydrogen-bond donors (Lipinski definition) is 2. The number of nitrogens with two attached hydrogens (primary N) is 1. The van der Waals surface area contributed by atoms with Crippen LogP contribution >= 0.6 is 0 Å².